The molecule has 2 rings (SSSR count). The quantitative estimate of drug-likeness (QED) is 0.617. The molecule has 0 saturated carbocycles. The smallest absolute Gasteiger partial charge is 0.167 e. The molecule has 0 saturated heterocycles. The van der Waals surface area contributed by atoms with Crippen LogP contribution in [0.25, 0.3) is 11.0 Å². The summed E-state index contributed by atoms with van der Waals surface area (Å²) in [5.74, 6) is 0. The van der Waals surface area contributed by atoms with Gasteiger partial charge in [0, 0.05) is 0 Å². The van der Waals surface area contributed by atoms with Gasteiger partial charge >= 0.3 is 0 Å². The molecule has 0 aliphatic carbocycles. The van der Waals surface area contributed by atoms with Crippen LogP contribution in [0.3, 0.4) is 0 Å². The molecule has 1 heterocycles. The van der Waals surface area contributed by atoms with Crippen molar-refractivity contribution in [2.45, 2.75) is 0 Å². The minimum Gasteiger partial charge on any atom is -0.356 e. The van der Waals surface area contributed by atoms with Gasteiger partial charge in [-0.15, -0.1) is 0 Å². The standard InChI is InChI=1S/C8H5NO2S/c10-12-5-7-6-3-1-2-4-8(6)11-9-7/h1-5H. The first-order valence-corrected chi connectivity index (χ1v) is 4.18. The number of rotatable bonds is 1. The molecule has 1 aromatic heterocycles. The van der Waals surface area contributed by atoms with Gasteiger partial charge in [-0.25, -0.2) is 4.21 Å². The van der Waals surface area contributed by atoms with E-state index in [1.165, 1.54) is 5.37 Å². The number of aromatic nitrogens is 1. The predicted octanol–water partition coefficient (Wildman–Crippen LogP) is 1.19. The fourth-order valence-electron chi connectivity index (χ4n) is 1.04. The summed E-state index contributed by atoms with van der Waals surface area (Å²) in [5, 5.41) is 6.03. The molecule has 0 bridgehead atoms. The molecule has 0 amide bonds. The molecule has 4 heteroatoms. The lowest BCUT2D eigenvalue weighted by molar-refractivity contribution is 0.455. The van der Waals surface area contributed by atoms with Gasteiger partial charge < -0.3 is 4.52 Å². The summed E-state index contributed by atoms with van der Waals surface area (Å²) in [7, 11) is 0. The van der Waals surface area contributed by atoms with Crippen molar-refractivity contribution in [2.75, 3.05) is 0 Å². The van der Waals surface area contributed by atoms with Crippen LogP contribution in [0.5, 0.6) is 0 Å². The van der Waals surface area contributed by atoms with Gasteiger partial charge in [-0.2, -0.15) is 0 Å². The highest BCUT2D eigenvalue weighted by Gasteiger charge is 2.02. The van der Waals surface area contributed by atoms with Crippen LogP contribution in [0.15, 0.2) is 28.8 Å². The summed E-state index contributed by atoms with van der Waals surface area (Å²) < 4.78 is 15.2. The van der Waals surface area contributed by atoms with E-state index in [1.807, 2.05) is 24.3 Å². The van der Waals surface area contributed by atoms with E-state index in [4.69, 9.17) is 4.52 Å². The van der Waals surface area contributed by atoms with Crippen molar-refractivity contribution in [1.82, 2.24) is 5.16 Å². The Morgan fingerprint density at radius 2 is 2.25 bits per heavy atom. The van der Waals surface area contributed by atoms with Crippen LogP contribution in [0.4, 0.5) is 0 Å². The SMILES string of the molecule is O=S=Cc1noc2ccccc12. The van der Waals surface area contributed by atoms with Gasteiger partial charge in [0.25, 0.3) is 0 Å². The molecule has 2 aromatic rings. The van der Waals surface area contributed by atoms with E-state index in [-0.39, 0.29) is 0 Å². The van der Waals surface area contributed by atoms with Crippen molar-refractivity contribution >= 4 is 27.6 Å². The molecule has 0 fully saturated rings. The molecule has 0 atom stereocenters. The molecular formula is C8H5NO2S. The number of nitrogens with zero attached hydrogens (tertiary/aromatic N) is 1. The van der Waals surface area contributed by atoms with Crippen molar-refractivity contribution < 1.29 is 8.73 Å². The molecular weight excluding hydrogens is 174 g/mol. The fraction of sp³-hybridized carbons (Fsp3) is 0. The second-order valence-corrected chi connectivity index (χ2v) is 2.71. The zero-order valence-electron chi connectivity index (χ0n) is 6.06. The minimum atomic E-state index is 0.377. The van der Waals surface area contributed by atoms with E-state index in [0.29, 0.717) is 22.5 Å². The lowest BCUT2D eigenvalue weighted by Gasteiger charge is -1.82. The van der Waals surface area contributed by atoms with Gasteiger partial charge in [-0.3, -0.25) is 0 Å². The first-order chi connectivity index (χ1) is 5.92. The van der Waals surface area contributed by atoms with Crippen LogP contribution in [0.2, 0.25) is 0 Å². The molecule has 1 aromatic carbocycles. The number of fused-ring (bicyclic) bond motifs is 1. The molecule has 0 N–H and O–H groups in total. The highest BCUT2D eigenvalue weighted by molar-refractivity contribution is 7.65. The Morgan fingerprint density at radius 1 is 1.42 bits per heavy atom. The van der Waals surface area contributed by atoms with Gasteiger partial charge in [0.05, 0.1) is 22.0 Å². The predicted molar refractivity (Wildman–Crippen MR) is 47.3 cm³/mol. The Morgan fingerprint density at radius 3 is 3.08 bits per heavy atom. The maximum atomic E-state index is 10.2. The molecule has 12 heavy (non-hydrogen) atoms. The van der Waals surface area contributed by atoms with Crippen LogP contribution in [-0.2, 0) is 11.3 Å². The van der Waals surface area contributed by atoms with Crippen LogP contribution in [0.1, 0.15) is 5.69 Å². The Balaban J connectivity index is 2.78. The summed E-state index contributed by atoms with van der Waals surface area (Å²) in [6.45, 7) is 0. The van der Waals surface area contributed by atoms with Crippen LogP contribution >= 0.6 is 0 Å². The molecule has 3 nitrogen and oxygen atoms in total. The summed E-state index contributed by atoms with van der Waals surface area (Å²) in [6.07, 6.45) is 0. The first kappa shape index (κ1) is 7.24. The second kappa shape index (κ2) is 2.91. The molecule has 0 aliphatic heterocycles. The highest BCUT2D eigenvalue weighted by atomic mass is 32.1. The highest BCUT2D eigenvalue weighted by Crippen LogP contribution is 2.15. The maximum Gasteiger partial charge on any atom is 0.167 e. The van der Waals surface area contributed by atoms with E-state index in [2.05, 4.69) is 5.16 Å². The monoisotopic (exact) mass is 179 g/mol. The zero-order valence-corrected chi connectivity index (χ0v) is 6.88. The fourth-order valence-corrected chi connectivity index (χ4v) is 1.30. The third kappa shape index (κ3) is 1.06. The number of hydrogen-bond acceptors (Lipinski definition) is 3. The van der Waals surface area contributed by atoms with Gasteiger partial charge in [0.2, 0.25) is 0 Å². The van der Waals surface area contributed by atoms with Crippen molar-refractivity contribution in [1.29, 1.82) is 0 Å². The van der Waals surface area contributed by atoms with Gasteiger partial charge in [-0.05, 0) is 12.1 Å². The Hall–Kier alpha value is -1.42. The summed E-state index contributed by atoms with van der Waals surface area (Å²) >= 11 is 0.377. The zero-order chi connectivity index (χ0) is 8.39. The molecule has 0 spiro atoms. The Labute approximate surface area is 72.1 Å². The third-order valence-corrected chi connectivity index (χ3v) is 1.88. The normalized spacial score (nSPS) is 10.0. The van der Waals surface area contributed by atoms with Gasteiger partial charge in [0.15, 0.2) is 5.58 Å². The Bertz CT molecular complexity index is 457. The van der Waals surface area contributed by atoms with E-state index >= 15 is 0 Å². The average Bonchev–Trinajstić information content (AvgIpc) is 2.50. The average molecular weight is 179 g/mol. The third-order valence-electron chi connectivity index (χ3n) is 1.57. The van der Waals surface area contributed by atoms with Crippen molar-refractivity contribution in [2.24, 2.45) is 0 Å². The molecule has 0 radical (unpaired) electrons. The van der Waals surface area contributed by atoms with Gasteiger partial charge in [-0.1, -0.05) is 17.3 Å². The maximum absolute atomic E-state index is 10.2. The number of para-hydroxylation sites is 1. The van der Waals surface area contributed by atoms with Gasteiger partial charge in [0.1, 0.15) is 5.69 Å². The summed E-state index contributed by atoms with van der Waals surface area (Å²) in [4.78, 5) is 0. The van der Waals surface area contributed by atoms with Crippen molar-refractivity contribution in [3.8, 4) is 0 Å². The second-order valence-electron chi connectivity index (χ2n) is 2.28. The lowest BCUT2D eigenvalue weighted by Crippen LogP contribution is -1.78. The first-order valence-electron chi connectivity index (χ1n) is 3.38. The summed E-state index contributed by atoms with van der Waals surface area (Å²) in [5.41, 5.74) is 1.31. The molecule has 0 aliphatic rings. The van der Waals surface area contributed by atoms with Crippen molar-refractivity contribution in [3.05, 3.63) is 30.0 Å². The number of hydrogen-bond donors (Lipinski definition) is 0. The number of benzene rings is 1. The summed E-state index contributed by atoms with van der Waals surface area (Å²) in [6, 6.07) is 7.43. The molecule has 0 unspecified atom stereocenters. The molecule has 60 valence electrons. The van der Waals surface area contributed by atoms with Crippen LogP contribution in [-0.4, -0.2) is 14.7 Å². The van der Waals surface area contributed by atoms with Crippen LogP contribution in [0, 0.1) is 0 Å². The largest absolute Gasteiger partial charge is 0.356 e. The van der Waals surface area contributed by atoms with E-state index in [1.54, 1.807) is 0 Å². The van der Waals surface area contributed by atoms with E-state index in [9.17, 15) is 4.21 Å². The van der Waals surface area contributed by atoms with Crippen molar-refractivity contribution in [3.63, 3.8) is 0 Å². The van der Waals surface area contributed by atoms with E-state index < -0.39 is 0 Å². The Kier molecular flexibility index (Phi) is 1.75. The van der Waals surface area contributed by atoms with Crippen LogP contribution < -0.4 is 0 Å². The minimum absolute atomic E-state index is 0.377. The van der Waals surface area contributed by atoms with E-state index in [0.717, 1.165) is 5.39 Å². The lowest BCUT2D eigenvalue weighted by atomic mass is 10.2. The topological polar surface area (TPSA) is 43.1 Å².